The lowest BCUT2D eigenvalue weighted by Gasteiger charge is -2.19. The third-order valence-electron chi connectivity index (χ3n) is 4.33. The van der Waals surface area contributed by atoms with Crippen LogP contribution in [0, 0.1) is 0 Å². The third-order valence-corrected chi connectivity index (χ3v) is 4.33. The van der Waals surface area contributed by atoms with Crippen molar-refractivity contribution < 1.29 is 26.3 Å². The van der Waals surface area contributed by atoms with Gasteiger partial charge in [0.1, 0.15) is 0 Å². The van der Waals surface area contributed by atoms with Crippen LogP contribution in [-0.4, -0.2) is 0 Å². The van der Waals surface area contributed by atoms with Crippen molar-refractivity contribution >= 4 is 0 Å². The van der Waals surface area contributed by atoms with E-state index in [1.807, 2.05) is 0 Å². The van der Waals surface area contributed by atoms with E-state index in [1.54, 1.807) is 12.1 Å². The second-order valence-electron chi connectivity index (χ2n) is 5.98. The lowest BCUT2D eigenvalue weighted by atomic mass is 9.91. The molecule has 128 valence electrons. The quantitative estimate of drug-likeness (QED) is 0.545. The van der Waals surface area contributed by atoms with Crippen molar-refractivity contribution in [2.24, 2.45) is 0 Å². The number of aryl methyl sites for hydroxylation is 4. The van der Waals surface area contributed by atoms with Crippen molar-refractivity contribution in [2.75, 3.05) is 0 Å². The van der Waals surface area contributed by atoms with E-state index in [0.29, 0.717) is 11.1 Å². The van der Waals surface area contributed by atoms with Gasteiger partial charge in [0, 0.05) is 0 Å². The number of hydrogen-bond acceptors (Lipinski definition) is 0. The highest BCUT2D eigenvalue weighted by Crippen LogP contribution is 2.36. The Kier molecular flexibility index (Phi) is 4.10. The molecule has 24 heavy (non-hydrogen) atoms. The van der Waals surface area contributed by atoms with E-state index in [4.69, 9.17) is 0 Å². The molecule has 4 bridgehead atoms. The molecule has 0 aromatic heterocycles. The van der Waals surface area contributed by atoms with Gasteiger partial charge in [-0.3, -0.25) is 0 Å². The maximum absolute atomic E-state index is 13.2. The van der Waals surface area contributed by atoms with Crippen molar-refractivity contribution in [2.45, 2.75) is 38.0 Å². The summed E-state index contributed by atoms with van der Waals surface area (Å²) in [5, 5.41) is 0. The summed E-state index contributed by atoms with van der Waals surface area (Å²) in [6.45, 7) is 0. The first-order chi connectivity index (χ1) is 11.1. The maximum atomic E-state index is 13.2. The fraction of sp³-hybridized carbons (Fsp3) is 0.333. The van der Waals surface area contributed by atoms with Crippen LogP contribution in [0.25, 0.3) is 0 Å². The Bertz CT molecular complexity index is 690. The molecule has 0 fully saturated rings. The van der Waals surface area contributed by atoms with Crippen LogP contribution in [-0.2, 0) is 38.0 Å². The number of halogens is 6. The van der Waals surface area contributed by atoms with Gasteiger partial charge in [-0.1, -0.05) is 24.3 Å². The maximum Gasteiger partial charge on any atom is 0.416 e. The lowest BCUT2D eigenvalue weighted by Crippen LogP contribution is -2.14. The van der Waals surface area contributed by atoms with E-state index in [0.717, 1.165) is 12.1 Å². The van der Waals surface area contributed by atoms with Gasteiger partial charge in [0.2, 0.25) is 0 Å². The van der Waals surface area contributed by atoms with Gasteiger partial charge in [-0.15, -0.1) is 0 Å². The smallest absolute Gasteiger partial charge is 0.166 e. The van der Waals surface area contributed by atoms with Crippen LogP contribution in [0.2, 0.25) is 0 Å². The summed E-state index contributed by atoms with van der Waals surface area (Å²) in [4.78, 5) is 0. The Labute approximate surface area is 135 Å². The minimum atomic E-state index is -4.51. The zero-order valence-corrected chi connectivity index (χ0v) is 12.6. The molecule has 0 aliphatic heterocycles. The van der Waals surface area contributed by atoms with Gasteiger partial charge >= 0.3 is 12.4 Å². The van der Waals surface area contributed by atoms with Crippen LogP contribution in [0.15, 0.2) is 36.4 Å². The van der Waals surface area contributed by atoms with Crippen molar-refractivity contribution in [3.63, 3.8) is 0 Å². The average molecular weight is 344 g/mol. The second-order valence-corrected chi connectivity index (χ2v) is 5.98. The van der Waals surface area contributed by atoms with E-state index >= 15 is 0 Å². The molecule has 0 saturated heterocycles. The monoisotopic (exact) mass is 344 g/mol. The first kappa shape index (κ1) is 16.9. The van der Waals surface area contributed by atoms with Crippen LogP contribution in [0.5, 0.6) is 0 Å². The zero-order valence-electron chi connectivity index (χ0n) is 12.6. The van der Waals surface area contributed by atoms with Crippen LogP contribution in [0.1, 0.15) is 33.4 Å². The van der Waals surface area contributed by atoms with Gasteiger partial charge in [0.05, 0.1) is 11.1 Å². The van der Waals surface area contributed by atoms with Gasteiger partial charge in [-0.25, -0.2) is 0 Å². The molecule has 0 heterocycles. The van der Waals surface area contributed by atoms with Crippen molar-refractivity contribution in [1.29, 1.82) is 0 Å². The van der Waals surface area contributed by atoms with Crippen LogP contribution < -0.4 is 0 Å². The third kappa shape index (κ3) is 3.42. The Hall–Kier alpha value is -1.98. The number of alkyl halides is 6. The van der Waals surface area contributed by atoms with Crippen molar-refractivity contribution in [1.82, 2.24) is 0 Å². The van der Waals surface area contributed by atoms with Crippen molar-refractivity contribution in [3.8, 4) is 0 Å². The number of benzene rings is 2. The molecular weight excluding hydrogens is 330 g/mol. The Morgan fingerprint density at radius 1 is 0.542 bits per heavy atom. The SMILES string of the molecule is FC(F)(F)c1cc2ccc1CCc1ccc(cc1C(F)(F)F)CC2. The molecule has 0 spiro atoms. The summed E-state index contributed by atoms with van der Waals surface area (Å²) in [7, 11) is 0. The van der Waals surface area contributed by atoms with Crippen LogP contribution in [0.4, 0.5) is 26.3 Å². The Morgan fingerprint density at radius 3 is 1.25 bits per heavy atom. The highest BCUT2D eigenvalue weighted by atomic mass is 19.4. The number of rotatable bonds is 0. The first-order valence-electron chi connectivity index (χ1n) is 7.52. The van der Waals surface area contributed by atoms with E-state index in [-0.39, 0.29) is 36.8 Å². The minimum Gasteiger partial charge on any atom is -0.166 e. The molecule has 4 aliphatic carbocycles. The summed E-state index contributed by atoms with van der Waals surface area (Å²) in [5.74, 6) is 0. The Balaban J connectivity index is 2.08. The molecule has 0 saturated carbocycles. The van der Waals surface area contributed by atoms with Crippen LogP contribution >= 0.6 is 0 Å². The normalized spacial score (nSPS) is 15.2. The van der Waals surface area contributed by atoms with Gasteiger partial charge in [-0.2, -0.15) is 26.3 Å². The topological polar surface area (TPSA) is 0 Å². The largest absolute Gasteiger partial charge is 0.416 e. The molecule has 6 heteroatoms. The highest BCUT2D eigenvalue weighted by Gasteiger charge is 2.35. The van der Waals surface area contributed by atoms with E-state index < -0.39 is 23.5 Å². The van der Waals surface area contributed by atoms with E-state index in [1.165, 1.54) is 12.1 Å². The van der Waals surface area contributed by atoms with Gasteiger partial charge < -0.3 is 0 Å². The zero-order chi connectivity index (χ0) is 17.5. The Morgan fingerprint density at radius 2 is 0.917 bits per heavy atom. The molecule has 0 N–H and O–H groups in total. The summed E-state index contributed by atoms with van der Waals surface area (Å²) < 4.78 is 79.4. The first-order valence-corrected chi connectivity index (χ1v) is 7.52. The molecule has 0 nitrogen and oxygen atoms in total. The summed E-state index contributed by atoms with van der Waals surface area (Å²) >= 11 is 0. The van der Waals surface area contributed by atoms with E-state index in [2.05, 4.69) is 0 Å². The van der Waals surface area contributed by atoms with E-state index in [9.17, 15) is 26.3 Å². The predicted molar refractivity (Wildman–Crippen MR) is 77.7 cm³/mol. The standard InChI is InChI=1S/C18H14F6/c19-17(20,21)15-9-11-1-2-12-4-6-14(8-7-13(15)5-3-11)16(10-12)18(22,23)24/h3-6,9-10H,1-2,7-8H2. The van der Waals surface area contributed by atoms with Crippen molar-refractivity contribution in [3.05, 3.63) is 69.8 Å². The van der Waals surface area contributed by atoms with Gasteiger partial charge in [0.15, 0.2) is 0 Å². The molecule has 0 radical (unpaired) electrons. The van der Waals surface area contributed by atoms with Crippen LogP contribution in [0.3, 0.4) is 0 Å². The number of hydrogen-bond donors (Lipinski definition) is 0. The molecule has 0 atom stereocenters. The van der Waals surface area contributed by atoms with Gasteiger partial charge in [-0.05, 0) is 60.1 Å². The lowest BCUT2D eigenvalue weighted by molar-refractivity contribution is -0.139. The van der Waals surface area contributed by atoms with Gasteiger partial charge in [0.25, 0.3) is 0 Å². The molecular formula is C18H14F6. The molecule has 6 rings (SSSR count). The summed E-state index contributed by atoms with van der Waals surface area (Å²) in [5.41, 5.74) is -0.478. The fourth-order valence-electron chi connectivity index (χ4n) is 3.08. The molecule has 0 unspecified atom stereocenters. The molecule has 2 aromatic rings. The minimum absolute atomic E-state index is 0.0315. The molecule has 0 amide bonds. The second kappa shape index (κ2) is 5.83. The predicted octanol–water partition coefficient (Wildman–Crippen LogP) is 5.61. The fourth-order valence-corrected chi connectivity index (χ4v) is 3.08. The average Bonchev–Trinajstić information content (AvgIpc) is 2.47. The highest BCUT2D eigenvalue weighted by molar-refractivity contribution is 5.39. The molecule has 2 aromatic carbocycles. The summed E-state index contributed by atoms with van der Waals surface area (Å²) in [6, 6.07) is 8.27. The molecule has 4 aliphatic rings. The summed E-state index contributed by atoms with van der Waals surface area (Å²) in [6.07, 6.45) is -8.66.